The van der Waals surface area contributed by atoms with Gasteiger partial charge in [-0.15, -0.1) is 0 Å². The molecule has 3 heteroatoms. The van der Waals surface area contributed by atoms with Crippen molar-refractivity contribution in [2.75, 3.05) is 13.6 Å². The van der Waals surface area contributed by atoms with Crippen LogP contribution in [0.3, 0.4) is 0 Å². The van der Waals surface area contributed by atoms with Crippen molar-refractivity contribution in [3.63, 3.8) is 0 Å². The molecular weight excluding hydrogens is 95.1 g/mol. The van der Waals surface area contributed by atoms with Gasteiger partial charge in [-0.05, 0) is 0 Å². The van der Waals surface area contributed by atoms with Crippen LogP contribution in [0.5, 0.6) is 0 Å². The van der Waals surface area contributed by atoms with Gasteiger partial charge in [0.15, 0.2) is 0 Å². The molecule has 7 heavy (non-hydrogen) atoms. The lowest BCUT2D eigenvalue weighted by molar-refractivity contribution is 0.318. The first-order valence-electron chi connectivity index (χ1n) is 2.11. The predicted molar refractivity (Wildman–Crippen MR) is 25.0 cm³/mol. The summed E-state index contributed by atoms with van der Waals surface area (Å²) in [5.41, 5.74) is 2.67. The summed E-state index contributed by atoms with van der Waals surface area (Å²) in [5.74, 6) is -0.109. The second-order valence-corrected chi connectivity index (χ2v) is 1.58. The van der Waals surface area contributed by atoms with Crippen molar-refractivity contribution >= 4 is 0 Å². The van der Waals surface area contributed by atoms with Crippen molar-refractivity contribution in [1.82, 2.24) is 10.4 Å². The van der Waals surface area contributed by atoms with E-state index in [1.165, 1.54) is 6.20 Å². The number of hydrogen-bond donors (Lipinski definition) is 1. The highest BCUT2D eigenvalue weighted by Gasteiger charge is 2.05. The average Bonchev–Trinajstić information content (AvgIpc) is 1.87. The lowest BCUT2D eigenvalue weighted by Crippen LogP contribution is -2.24. The Morgan fingerprint density at radius 3 is 2.86 bits per heavy atom. The Labute approximate surface area is 41.6 Å². The van der Waals surface area contributed by atoms with Gasteiger partial charge in [-0.2, -0.15) is 0 Å². The van der Waals surface area contributed by atoms with Crippen molar-refractivity contribution in [2.24, 2.45) is 0 Å². The molecule has 0 spiro atoms. The molecular formula is C4H7FN2. The molecule has 1 heterocycles. The topological polar surface area (TPSA) is 15.3 Å². The molecule has 0 saturated carbocycles. The van der Waals surface area contributed by atoms with E-state index in [0.717, 1.165) is 0 Å². The normalized spacial score (nSPS) is 21.7. The van der Waals surface area contributed by atoms with Gasteiger partial charge in [-0.3, -0.25) is 0 Å². The summed E-state index contributed by atoms with van der Waals surface area (Å²) < 4.78 is 11.9. The molecule has 0 radical (unpaired) electrons. The Balaban J connectivity index is 2.42. The molecule has 2 nitrogen and oxygen atoms in total. The number of hydrogen-bond acceptors (Lipinski definition) is 2. The SMILES string of the molecule is CN1CC(F)=CN1. The fourth-order valence-electron chi connectivity index (χ4n) is 0.498. The molecule has 0 saturated heterocycles. The Hall–Kier alpha value is -0.570. The molecule has 1 aliphatic rings. The van der Waals surface area contributed by atoms with Crippen molar-refractivity contribution < 1.29 is 4.39 Å². The number of likely N-dealkylation sites (N-methyl/N-ethyl adjacent to an activating group) is 1. The van der Waals surface area contributed by atoms with E-state index < -0.39 is 0 Å². The van der Waals surface area contributed by atoms with Crippen LogP contribution >= 0.6 is 0 Å². The van der Waals surface area contributed by atoms with Crippen LogP contribution in [0.2, 0.25) is 0 Å². The van der Waals surface area contributed by atoms with Crippen molar-refractivity contribution in [3.8, 4) is 0 Å². The third-order valence-electron chi connectivity index (χ3n) is 0.830. The molecule has 0 aliphatic carbocycles. The molecule has 0 amide bonds. The van der Waals surface area contributed by atoms with Crippen LogP contribution in [0, 0.1) is 0 Å². The zero-order valence-electron chi connectivity index (χ0n) is 4.11. The van der Waals surface area contributed by atoms with E-state index in [0.29, 0.717) is 6.54 Å². The second kappa shape index (κ2) is 1.50. The Bertz CT molecular complexity index is 99.9. The Morgan fingerprint density at radius 1 is 2.00 bits per heavy atom. The molecule has 0 unspecified atom stereocenters. The van der Waals surface area contributed by atoms with Crippen LogP contribution in [0.4, 0.5) is 4.39 Å². The maximum absolute atomic E-state index is 11.9. The van der Waals surface area contributed by atoms with Crippen molar-refractivity contribution in [2.45, 2.75) is 0 Å². The first kappa shape index (κ1) is 4.59. The van der Waals surface area contributed by atoms with Crippen LogP contribution in [-0.4, -0.2) is 18.6 Å². The zero-order valence-corrected chi connectivity index (χ0v) is 4.11. The van der Waals surface area contributed by atoms with Crippen LogP contribution in [0.15, 0.2) is 12.0 Å². The smallest absolute Gasteiger partial charge is 0.133 e. The molecule has 0 aromatic carbocycles. The first-order chi connectivity index (χ1) is 3.29. The number of nitrogens with zero attached hydrogens (tertiary/aromatic N) is 1. The molecule has 1 N–H and O–H groups in total. The maximum Gasteiger partial charge on any atom is 0.133 e. The standard InChI is InChI=1S/C4H7FN2/c1-7-3-4(5)2-6-7/h2,6H,3H2,1H3. The van der Waals surface area contributed by atoms with Gasteiger partial charge in [0.25, 0.3) is 0 Å². The highest BCUT2D eigenvalue weighted by atomic mass is 19.1. The number of hydrazine groups is 1. The van der Waals surface area contributed by atoms with Gasteiger partial charge in [0.1, 0.15) is 5.83 Å². The Kier molecular flexibility index (Phi) is 0.982. The average molecular weight is 102 g/mol. The summed E-state index contributed by atoms with van der Waals surface area (Å²) in [4.78, 5) is 0. The summed E-state index contributed by atoms with van der Waals surface area (Å²) in [7, 11) is 1.78. The molecule has 1 aliphatic heterocycles. The molecule has 0 aromatic heterocycles. The maximum atomic E-state index is 11.9. The monoisotopic (exact) mass is 102 g/mol. The highest BCUT2D eigenvalue weighted by molar-refractivity contribution is 4.96. The second-order valence-electron chi connectivity index (χ2n) is 1.58. The van der Waals surface area contributed by atoms with E-state index in [2.05, 4.69) is 5.43 Å². The van der Waals surface area contributed by atoms with E-state index in [4.69, 9.17) is 0 Å². The third-order valence-corrected chi connectivity index (χ3v) is 0.830. The van der Waals surface area contributed by atoms with Crippen molar-refractivity contribution in [3.05, 3.63) is 12.0 Å². The first-order valence-corrected chi connectivity index (χ1v) is 2.11. The van der Waals surface area contributed by atoms with Gasteiger partial charge in [-0.25, -0.2) is 9.40 Å². The largest absolute Gasteiger partial charge is 0.323 e. The van der Waals surface area contributed by atoms with E-state index in [9.17, 15) is 4.39 Å². The van der Waals surface area contributed by atoms with Crippen LogP contribution in [-0.2, 0) is 0 Å². The van der Waals surface area contributed by atoms with Gasteiger partial charge < -0.3 is 5.43 Å². The van der Waals surface area contributed by atoms with Crippen LogP contribution in [0.1, 0.15) is 0 Å². The van der Waals surface area contributed by atoms with Crippen LogP contribution in [0.25, 0.3) is 0 Å². The van der Waals surface area contributed by atoms with E-state index in [-0.39, 0.29) is 5.83 Å². The molecule has 0 fully saturated rings. The quantitative estimate of drug-likeness (QED) is 0.471. The van der Waals surface area contributed by atoms with E-state index in [1.54, 1.807) is 12.1 Å². The minimum atomic E-state index is -0.109. The van der Waals surface area contributed by atoms with Crippen molar-refractivity contribution in [1.29, 1.82) is 0 Å². The molecule has 1 rings (SSSR count). The van der Waals surface area contributed by atoms with Gasteiger partial charge in [0, 0.05) is 13.2 Å². The molecule has 0 aromatic rings. The third kappa shape index (κ3) is 0.899. The molecule has 0 bridgehead atoms. The van der Waals surface area contributed by atoms with Crippen LogP contribution < -0.4 is 5.43 Å². The van der Waals surface area contributed by atoms with Gasteiger partial charge in [0.2, 0.25) is 0 Å². The lowest BCUT2D eigenvalue weighted by atomic mass is 10.6. The summed E-state index contributed by atoms with van der Waals surface area (Å²) in [6.07, 6.45) is 1.35. The molecule has 40 valence electrons. The number of nitrogens with one attached hydrogen (secondary N) is 1. The molecule has 0 atom stereocenters. The number of halogens is 1. The predicted octanol–water partition coefficient (Wildman–Crippen LogP) is 0.247. The summed E-state index contributed by atoms with van der Waals surface area (Å²) in [6, 6.07) is 0. The van der Waals surface area contributed by atoms with E-state index in [1.807, 2.05) is 0 Å². The fraction of sp³-hybridized carbons (Fsp3) is 0.500. The van der Waals surface area contributed by atoms with Gasteiger partial charge in [0.05, 0.1) is 6.54 Å². The number of rotatable bonds is 0. The summed E-state index contributed by atoms with van der Waals surface area (Å²) >= 11 is 0. The highest BCUT2D eigenvalue weighted by Crippen LogP contribution is 2.00. The Morgan fingerprint density at radius 2 is 2.71 bits per heavy atom. The van der Waals surface area contributed by atoms with Gasteiger partial charge >= 0.3 is 0 Å². The van der Waals surface area contributed by atoms with Gasteiger partial charge in [-0.1, -0.05) is 0 Å². The van der Waals surface area contributed by atoms with E-state index >= 15 is 0 Å². The minimum Gasteiger partial charge on any atom is -0.323 e. The summed E-state index contributed by atoms with van der Waals surface area (Å²) in [6.45, 7) is 0.389. The summed E-state index contributed by atoms with van der Waals surface area (Å²) in [5, 5.41) is 1.66. The minimum absolute atomic E-state index is 0.109. The fourth-order valence-corrected chi connectivity index (χ4v) is 0.498. The lowest BCUT2D eigenvalue weighted by Gasteiger charge is -2.04. The zero-order chi connectivity index (χ0) is 5.28.